The Morgan fingerprint density at radius 2 is 2.04 bits per heavy atom. The van der Waals surface area contributed by atoms with E-state index < -0.39 is 10.0 Å². The summed E-state index contributed by atoms with van der Waals surface area (Å²) in [7, 11) is 0.347. The molecule has 1 aliphatic rings. The summed E-state index contributed by atoms with van der Waals surface area (Å²) in [5.41, 5.74) is 1.05. The van der Waals surface area contributed by atoms with E-state index in [2.05, 4.69) is 10.3 Å². The maximum absolute atomic E-state index is 12.5. The largest absolute Gasteiger partial charge is 0.496 e. The molecule has 1 saturated heterocycles. The molecule has 1 aliphatic heterocycles. The number of sulfonamides is 1. The molecule has 9 heteroatoms. The minimum Gasteiger partial charge on any atom is -0.496 e. The lowest BCUT2D eigenvalue weighted by atomic mass is 10.2. The number of aliphatic imine (C=N–C) groups is 1. The van der Waals surface area contributed by atoms with Gasteiger partial charge in [-0.25, -0.2) is 12.7 Å². The molecule has 1 fully saturated rings. The van der Waals surface area contributed by atoms with Gasteiger partial charge < -0.3 is 15.0 Å². The predicted octanol–water partition coefficient (Wildman–Crippen LogP) is 1.47. The van der Waals surface area contributed by atoms with E-state index in [0.29, 0.717) is 32.1 Å². The number of benzene rings is 1. The number of para-hydroxylation sites is 1. The van der Waals surface area contributed by atoms with Crippen LogP contribution in [0.4, 0.5) is 0 Å². The summed E-state index contributed by atoms with van der Waals surface area (Å²) < 4.78 is 31.9. The summed E-state index contributed by atoms with van der Waals surface area (Å²) in [5.74, 6) is 3.28. The van der Waals surface area contributed by atoms with E-state index in [1.165, 1.54) is 0 Å². The number of hydrogen-bond donors (Lipinski definition) is 1. The minimum absolute atomic E-state index is 0.0368. The molecule has 152 valence electrons. The van der Waals surface area contributed by atoms with E-state index in [9.17, 15) is 8.42 Å². The molecule has 0 aliphatic carbocycles. The Bertz CT molecular complexity index is 719. The standard InChI is InChI=1S/C18H30N4O3S2/c1-4-19-18(21(2)15-16-7-5-6-8-17(16)25-3)20-9-14-27(23,24)22-10-12-26-13-11-22/h5-8H,4,9-15H2,1-3H3,(H,19,20). The second kappa shape index (κ2) is 10.8. The number of rotatable bonds is 8. The van der Waals surface area contributed by atoms with Crippen molar-refractivity contribution in [3.8, 4) is 5.75 Å². The van der Waals surface area contributed by atoms with E-state index in [1.807, 2.05) is 43.1 Å². The lowest BCUT2D eigenvalue weighted by molar-refractivity contribution is 0.396. The van der Waals surface area contributed by atoms with Crippen LogP contribution in [0.15, 0.2) is 29.3 Å². The predicted molar refractivity (Wildman–Crippen MR) is 113 cm³/mol. The van der Waals surface area contributed by atoms with Gasteiger partial charge in [-0.15, -0.1) is 0 Å². The highest BCUT2D eigenvalue weighted by atomic mass is 32.2. The molecule has 0 unspecified atom stereocenters. The lowest BCUT2D eigenvalue weighted by Gasteiger charge is -2.26. The summed E-state index contributed by atoms with van der Waals surface area (Å²) in [6.07, 6.45) is 0. The van der Waals surface area contributed by atoms with Crippen LogP contribution < -0.4 is 10.1 Å². The third-order valence-electron chi connectivity index (χ3n) is 4.27. The normalized spacial score (nSPS) is 16.2. The Morgan fingerprint density at radius 3 is 2.70 bits per heavy atom. The molecule has 2 rings (SSSR count). The maximum Gasteiger partial charge on any atom is 0.215 e. The van der Waals surface area contributed by atoms with Crippen LogP contribution in [0.5, 0.6) is 5.75 Å². The number of nitrogens with zero attached hydrogens (tertiary/aromatic N) is 3. The first kappa shape index (κ1) is 21.8. The van der Waals surface area contributed by atoms with Crippen molar-refractivity contribution < 1.29 is 13.2 Å². The molecule has 0 bridgehead atoms. The van der Waals surface area contributed by atoms with E-state index >= 15 is 0 Å². The first-order valence-electron chi connectivity index (χ1n) is 9.15. The third-order valence-corrected chi connectivity index (χ3v) is 7.06. The van der Waals surface area contributed by atoms with Crippen molar-refractivity contribution in [3.63, 3.8) is 0 Å². The molecule has 27 heavy (non-hydrogen) atoms. The van der Waals surface area contributed by atoms with Crippen LogP contribution in [-0.2, 0) is 16.6 Å². The molecule has 0 spiro atoms. The molecule has 1 heterocycles. The average Bonchev–Trinajstić information content (AvgIpc) is 2.68. The molecule has 0 atom stereocenters. The van der Waals surface area contributed by atoms with Gasteiger partial charge in [0, 0.05) is 50.3 Å². The number of guanidine groups is 1. The summed E-state index contributed by atoms with van der Waals surface area (Å²) in [5, 5.41) is 3.23. The average molecular weight is 415 g/mol. The van der Waals surface area contributed by atoms with Crippen molar-refractivity contribution >= 4 is 27.7 Å². The summed E-state index contributed by atoms with van der Waals surface area (Å²) in [6.45, 7) is 4.77. The number of ether oxygens (including phenoxy) is 1. The first-order chi connectivity index (χ1) is 13.0. The van der Waals surface area contributed by atoms with Gasteiger partial charge >= 0.3 is 0 Å². The fraction of sp³-hybridized carbons (Fsp3) is 0.611. The van der Waals surface area contributed by atoms with Gasteiger partial charge in [-0.05, 0) is 13.0 Å². The molecule has 0 saturated carbocycles. The van der Waals surface area contributed by atoms with Crippen LogP contribution in [0.3, 0.4) is 0 Å². The molecule has 0 aromatic heterocycles. The Labute approximate surface area is 167 Å². The smallest absolute Gasteiger partial charge is 0.215 e. The third kappa shape index (κ3) is 6.58. The summed E-state index contributed by atoms with van der Waals surface area (Å²) >= 11 is 1.80. The molecule has 7 nitrogen and oxygen atoms in total. The zero-order valence-electron chi connectivity index (χ0n) is 16.3. The van der Waals surface area contributed by atoms with E-state index in [0.717, 1.165) is 22.8 Å². The Kier molecular flexibility index (Phi) is 8.72. The molecular weight excluding hydrogens is 384 g/mol. The first-order valence-corrected chi connectivity index (χ1v) is 11.9. The maximum atomic E-state index is 12.5. The lowest BCUT2D eigenvalue weighted by Crippen LogP contribution is -2.41. The van der Waals surface area contributed by atoms with Crippen LogP contribution in [0.2, 0.25) is 0 Å². The number of methoxy groups -OCH3 is 1. The quantitative estimate of drug-likeness (QED) is 0.513. The molecule has 0 radical (unpaired) electrons. The molecule has 1 aromatic carbocycles. The van der Waals surface area contributed by atoms with Gasteiger partial charge in [0.2, 0.25) is 10.0 Å². The van der Waals surface area contributed by atoms with Crippen LogP contribution in [0, 0.1) is 0 Å². The van der Waals surface area contributed by atoms with Gasteiger partial charge in [0.25, 0.3) is 0 Å². The summed E-state index contributed by atoms with van der Waals surface area (Å²) in [4.78, 5) is 6.50. The SMILES string of the molecule is CCNC(=NCCS(=O)(=O)N1CCSCC1)N(C)Cc1ccccc1OC. The van der Waals surface area contributed by atoms with Gasteiger partial charge in [0.05, 0.1) is 19.4 Å². The van der Waals surface area contributed by atoms with Crippen molar-refractivity contribution in [2.45, 2.75) is 13.5 Å². The number of nitrogens with one attached hydrogen (secondary N) is 1. The van der Waals surface area contributed by atoms with Crippen molar-refractivity contribution in [2.75, 3.05) is 57.6 Å². The van der Waals surface area contributed by atoms with Gasteiger partial charge in [0.1, 0.15) is 5.75 Å². The van der Waals surface area contributed by atoms with Crippen LogP contribution >= 0.6 is 11.8 Å². The van der Waals surface area contributed by atoms with E-state index in [1.54, 1.807) is 23.2 Å². The van der Waals surface area contributed by atoms with Crippen LogP contribution in [-0.4, -0.2) is 81.2 Å². The second-order valence-corrected chi connectivity index (χ2v) is 9.54. The van der Waals surface area contributed by atoms with Crippen molar-refractivity contribution in [1.82, 2.24) is 14.5 Å². The molecular formula is C18H30N4O3S2. The Balaban J connectivity index is 2.00. The zero-order valence-corrected chi connectivity index (χ0v) is 18.0. The van der Waals surface area contributed by atoms with Gasteiger partial charge in [-0.2, -0.15) is 11.8 Å². The molecule has 0 amide bonds. The topological polar surface area (TPSA) is 74.2 Å². The van der Waals surface area contributed by atoms with Crippen molar-refractivity contribution in [2.24, 2.45) is 4.99 Å². The van der Waals surface area contributed by atoms with Crippen LogP contribution in [0.1, 0.15) is 12.5 Å². The highest BCUT2D eigenvalue weighted by Crippen LogP contribution is 2.18. The highest BCUT2D eigenvalue weighted by Gasteiger charge is 2.23. The highest BCUT2D eigenvalue weighted by molar-refractivity contribution is 7.99. The Hall–Kier alpha value is -1.45. The van der Waals surface area contributed by atoms with Crippen molar-refractivity contribution in [1.29, 1.82) is 0 Å². The Morgan fingerprint density at radius 1 is 1.33 bits per heavy atom. The van der Waals surface area contributed by atoms with Gasteiger partial charge in [0.15, 0.2) is 5.96 Å². The summed E-state index contributed by atoms with van der Waals surface area (Å²) in [6, 6.07) is 7.85. The number of hydrogen-bond acceptors (Lipinski definition) is 5. The fourth-order valence-electron chi connectivity index (χ4n) is 2.85. The fourth-order valence-corrected chi connectivity index (χ4v) is 5.31. The van der Waals surface area contributed by atoms with E-state index in [-0.39, 0.29) is 12.3 Å². The van der Waals surface area contributed by atoms with Gasteiger partial charge in [-0.3, -0.25) is 4.99 Å². The minimum atomic E-state index is -3.24. The molecule has 1 N–H and O–H groups in total. The monoisotopic (exact) mass is 414 g/mol. The molecule has 1 aromatic rings. The van der Waals surface area contributed by atoms with Crippen LogP contribution in [0.25, 0.3) is 0 Å². The van der Waals surface area contributed by atoms with E-state index in [4.69, 9.17) is 4.74 Å². The van der Waals surface area contributed by atoms with Gasteiger partial charge in [-0.1, -0.05) is 18.2 Å². The number of thioether (sulfide) groups is 1. The zero-order chi connectivity index (χ0) is 19.7. The van der Waals surface area contributed by atoms with Crippen molar-refractivity contribution in [3.05, 3.63) is 29.8 Å². The second-order valence-electron chi connectivity index (χ2n) is 6.23.